The summed E-state index contributed by atoms with van der Waals surface area (Å²) >= 11 is 0. The van der Waals surface area contributed by atoms with Crippen molar-refractivity contribution >= 4 is 15.8 Å². The number of hydrogen-bond acceptors (Lipinski definition) is 3. The molecule has 4 nitrogen and oxygen atoms in total. The molecule has 74 valence electrons. The zero-order valence-corrected chi connectivity index (χ0v) is 8.04. The summed E-state index contributed by atoms with van der Waals surface area (Å²) in [6.45, 7) is 0. The van der Waals surface area contributed by atoms with E-state index >= 15 is 0 Å². The lowest BCUT2D eigenvalue weighted by Gasteiger charge is -1.98. The van der Waals surface area contributed by atoms with Crippen molar-refractivity contribution in [1.82, 2.24) is 0 Å². The Morgan fingerprint density at radius 3 is 2.50 bits per heavy atom. The molecule has 14 heavy (non-hydrogen) atoms. The summed E-state index contributed by atoms with van der Waals surface area (Å²) in [4.78, 5) is 10.6. The van der Waals surface area contributed by atoms with E-state index in [4.69, 9.17) is 5.11 Å². The summed E-state index contributed by atoms with van der Waals surface area (Å²) in [7, 11) is -3.04. The number of carboxylic acid groups (broad SMARTS) is 1. The molecule has 1 aromatic carbocycles. The lowest BCUT2D eigenvalue weighted by Crippen LogP contribution is -1.97. The molecule has 0 aliphatic carbocycles. The summed E-state index contributed by atoms with van der Waals surface area (Å²) in [5.41, 5.74) is 1.47. The van der Waals surface area contributed by atoms with Gasteiger partial charge < -0.3 is 5.11 Å². The molecule has 0 saturated carbocycles. The normalized spacial score (nSPS) is 17.7. The lowest BCUT2D eigenvalue weighted by atomic mass is 10.1. The topological polar surface area (TPSA) is 71.4 Å². The molecule has 1 N–H and O–H groups in total. The Morgan fingerprint density at radius 1 is 1.21 bits per heavy atom. The summed E-state index contributed by atoms with van der Waals surface area (Å²) in [6.07, 6.45) is 0. The van der Waals surface area contributed by atoms with Gasteiger partial charge in [0.05, 0.1) is 17.1 Å². The molecule has 2 rings (SSSR count). The molecule has 0 bridgehead atoms. The molecule has 0 spiro atoms. The standard InChI is InChI=1S/C9H8O4S/c10-9(11)6-1-2-7-4-14(12,13)5-8(7)3-6/h1-3H,4-5H2,(H,10,11). The Hall–Kier alpha value is -1.36. The molecule has 1 aromatic rings. The highest BCUT2D eigenvalue weighted by Gasteiger charge is 2.25. The minimum atomic E-state index is -3.04. The van der Waals surface area contributed by atoms with Crippen LogP contribution in [0.2, 0.25) is 0 Å². The van der Waals surface area contributed by atoms with Crippen LogP contribution in [0.25, 0.3) is 0 Å². The van der Waals surface area contributed by atoms with Crippen molar-refractivity contribution in [2.45, 2.75) is 11.5 Å². The molecule has 1 aliphatic heterocycles. The number of aromatic carboxylic acids is 1. The minimum Gasteiger partial charge on any atom is -0.478 e. The third-order valence-corrected chi connectivity index (χ3v) is 3.71. The van der Waals surface area contributed by atoms with Crippen LogP contribution < -0.4 is 0 Å². The second-order valence-electron chi connectivity index (χ2n) is 3.32. The van der Waals surface area contributed by atoms with Gasteiger partial charge in [-0.15, -0.1) is 0 Å². The van der Waals surface area contributed by atoms with Crippen LogP contribution in [0.3, 0.4) is 0 Å². The molecule has 0 amide bonds. The summed E-state index contributed by atoms with van der Waals surface area (Å²) < 4.78 is 22.4. The molecule has 0 fully saturated rings. The van der Waals surface area contributed by atoms with Gasteiger partial charge in [-0.25, -0.2) is 13.2 Å². The highest BCUT2D eigenvalue weighted by atomic mass is 32.2. The van der Waals surface area contributed by atoms with Crippen LogP contribution in [0.15, 0.2) is 18.2 Å². The summed E-state index contributed by atoms with van der Waals surface area (Å²) in [5.74, 6) is -1.04. The molecule has 1 heterocycles. The van der Waals surface area contributed by atoms with E-state index in [0.29, 0.717) is 5.56 Å². The Labute approximate surface area is 81.1 Å². The first-order chi connectivity index (χ1) is 6.48. The van der Waals surface area contributed by atoms with Crippen molar-refractivity contribution in [3.8, 4) is 0 Å². The van der Waals surface area contributed by atoms with Gasteiger partial charge in [-0.05, 0) is 23.3 Å². The first-order valence-corrected chi connectivity index (χ1v) is 5.85. The lowest BCUT2D eigenvalue weighted by molar-refractivity contribution is 0.0696. The van der Waals surface area contributed by atoms with Crippen LogP contribution in [0.1, 0.15) is 21.5 Å². The Balaban J connectivity index is 2.50. The maximum absolute atomic E-state index is 11.2. The number of benzene rings is 1. The summed E-state index contributed by atoms with van der Waals surface area (Å²) in [5, 5.41) is 8.70. The van der Waals surface area contributed by atoms with Gasteiger partial charge >= 0.3 is 5.97 Å². The van der Waals surface area contributed by atoms with Crippen LogP contribution in [-0.4, -0.2) is 19.5 Å². The fourth-order valence-corrected chi connectivity index (χ4v) is 3.16. The Morgan fingerprint density at radius 2 is 1.86 bits per heavy atom. The van der Waals surface area contributed by atoms with Crippen LogP contribution in [0.4, 0.5) is 0 Å². The molecule has 1 aliphatic rings. The van der Waals surface area contributed by atoms with E-state index in [-0.39, 0.29) is 17.1 Å². The molecule has 5 heteroatoms. The fraction of sp³-hybridized carbons (Fsp3) is 0.222. The Bertz CT molecular complexity index is 502. The van der Waals surface area contributed by atoms with Gasteiger partial charge in [0.2, 0.25) is 0 Å². The molecule has 0 radical (unpaired) electrons. The fourth-order valence-electron chi connectivity index (χ4n) is 1.56. The van der Waals surface area contributed by atoms with Crippen LogP contribution in [0.5, 0.6) is 0 Å². The molecule has 0 unspecified atom stereocenters. The van der Waals surface area contributed by atoms with E-state index < -0.39 is 15.8 Å². The largest absolute Gasteiger partial charge is 0.478 e. The van der Waals surface area contributed by atoms with Gasteiger partial charge in [0.25, 0.3) is 0 Å². The number of fused-ring (bicyclic) bond motifs is 1. The molecule has 0 saturated heterocycles. The first kappa shape index (κ1) is 9.21. The minimum absolute atomic E-state index is 0.0300. The average molecular weight is 212 g/mol. The Kier molecular flexibility index (Phi) is 1.85. The number of sulfone groups is 1. The molecule has 0 atom stereocenters. The number of hydrogen-bond donors (Lipinski definition) is 1. The number of rotatable bonds is 1. The SMILES string of the molecule is O=C(O)c1ccc2c(c1)CS(=O)(=O)C2. The predicted molar refractivity (Wildman–Crippen MR) is 49.7 cm³/mol. The first-order valence-electron chi connectivity index (χ1n) is 4.03. The summed E-state index contributed by atoms with van der Waals surface area (Å²) in [6, 6.07) is 4.44. The van der Waals surface area contributed by atoms with E-state index in [2.05, 4.69) is 0 Å². The molecule has 0 aromatic heterocycles. The van der Waals surface area contributed by atoms with Gasteiger partial charge in [-0.3, -0.25) is 0 Å². The van der Waals surface area contributed by atoms with Crippen molar-refractivity contribution in [3.05, 3.63) is 34.9 Å². The molecular weight excluding hydrogens is 204 g/mol. The smallest absolute Gasteiger partial charge is 0.335 e. The highest BCUT2D eigenvalue weighted by molar-refractivity contribution is 7.90. The van der Waals surface area contributed by atoms with Crippen LogP contribution in [-0.2, 0) is 21.3 Å². The number of carbonyl (C=O) groups is 1. The van der Waals surface area contributed by atoms with Gasteiger partial charge in [0.1, 0.15) is 0 Å². The van der Waals surface area contributed by atoms with E-state index in [1.165, 1.54) is 12.1 Å². The van der Waals surface area contributed by atoms with Crippen molar-refractivity contribution in [2.24, 2.45) is 0 Å². The van der Waals surface area contributed by atoms with E-state index in [9.17, 15) is 13.2 Å². The van der Waals surface area contributed by atoms with Crippen molar-refractivity contribution in [1.29, 1.82) is 0 Å². The zero-order valence-electron chi connectivity index (χ0n) is 7.23. The second-order valence-corrected chi connectivity index (χ2v) is 5.39. The third-order valence-electron chi connectivity index (χ3n) is 2.20. The van der Waals surface area contributed by atoms with Crippen molar-refractivity contribution < 1.29 is 18.3 Å². The van der Waals surface area contributed by atoms with Crippen molar-refractivity contribution in [3.63, 3.8) is 0 Å². The van der Waals surface area contributed by atoms with Gasteiger partial charge in [-0.2, -0.15) is 0 Å². The maximum Gasteiger partial charge on any atom is 0.335 e. The number of carboxylic acids is 1. The van der Waals surface area contributed by atoms with E-state index in [1.807, 2.05) is 0 Å². The highest BCUT2D eigenvalue weighted by Crippen LogP contribution is 2.25. The van der Waals surface area contributed by atoms with Crippen LogP contribution in [0, 0.1) is 0 Å². The maximum atomic E-state index is 11.2. The van der Waals surface area contributed by atoms with E-state index in [0.717, 1.165) is 5.56 Å². The van der Waals surface area contributed by atoms with E-state index in [1.54, 1.807) is 6.07 Å². The van der Waals surface area contributed by atoms with Gasteiger partial charge in [0.15, 0.2) is 9.84 Å². The monoisotopic (exact) mass is 212 g/mol. The second kappa shape index (κ2) is 2.81. The van der Waals surface area contributed by atoms with Gasteiger partial charge in [0, 0.05) is 0 Å². The zero-order chi connectivity index (χ0) is 10.3. The third kappa shape index (κ3) is 1.50. The van der Waals surface area contributed by atoms with Crippen molar-refractivity contribution in [2.75, 3.05) is 0 Å². The quantitative estimate of drug-likeness (QED) is 0.747. The van der Waals surface area contributed by atoms with Crippen LogP contribution >= 0.6 is 0 Å². The van der Waals surface area contributed by atoms with Gasteiger partial charge in [-0.1, -0.05) is 6.07 Å². The predicted octanol–water partition coefficient (Wildman–Crippen LogP) is 0.813. The average Bonchev–Trinajstić information content (AvgIpc) is 2.36. The molecular formula is C9H8O4S.